The van der Waals surface area contributed by atoms with Crippen LogP contribution in [0.2, 0.25) is 0 Å². The lowest BCUT2D eigenvalue weighted by molar-refractivity contribution is -0.118. The average Bonchev–Trinajstić information content (AvgIpc) is 2.80. The van der Waals surface area contributed by atoms with Gasteiger partial charge >= 0.3 is 5.69 Å². The monoisotopic (exact) mass is 450 g/mol. The smallest absolute Gasteiger partial charge is 0.330 e. The second-order valence-electron chi connectivity index (χ2n) is 8.31. The van der Waals surface area contributed by atoms with Gasteiger partial charge in [0.05, 0.1) is 13.7 Å². The number of ether oxygens (including phenoxy) is 1. The van der Waals surface area contributed by atoms with Crippen molar-refractivity contribution in [2.75, 3.05) is 24.3 Å². The highest BCUT2D eigenvalue weighted by Gasteiger charge is 2.25. The van der Waals surface area contributed by atoms with E-state index in [2.05, 4.69) is 4.98 Å². The molecular weight excluding hydrogens is 420 g/mol. The van der Waals surface area contributed by atoms with Crippen molar-refractivity contribution in [3.63, 3.8) is 0 Å². The fourth-order valence-corrected chi connectivity index (χ4v) is 3.62. The molecule has 2 aromatic carbocycles. The SMILES string of the molecule is COc1ccc(CCC(=O)N(CC(C)C)c2c(N)n(Cc3ccccc3)c(=O)[nH]c2=O)cc1. The number of aromatic nitrogens is 2. The molecule has 0 aliphatic rings. The molecule has 8 heteroatoms. The summed E-state index contributed by atoms with van der Waals surface area (Å²) in [7, 11) is 1.60. The van der Waals surface area contributed by atoms with Crippen LogP contribution in [0.3, 0.4) is 0 Å². The van der Waals surface area contributed by atoms with Crippen molar-refractivity contribution < 1.29 is 9.53 Å². The first-order chi connectivity index (χ1) is 15.8. The van der Waals surface area contributed by atoms with Crippen LogP contribution < -0.4 is 26.6 Å². The third-order valence-corrected chi connectivity index (χ3v) is 5.30. The van der Waals surface area contributed by atoms with Gasteiger partial charge in [0.25, 0.3) is 5.56 Å². The van der Waals surface area contributed by atoms with Crippen LogP contribution in [-0.4, -0.2) is 29.1 Å². The Kier molecular flexibility index (Phi) is 7.71. The molecule has 0 aliphatic heterocycles. The van der Waals surface area contributed by atoms with Gasteiger partial charge in [-0.2, -0.15) is 0 Å². The number of aryl methyl sites for hydroxylation is 1. The lowest BCUT2D eigenvalue weighted by atomic mass is 10.1. The highest BCUT2D eigenvalue weighted by molar-refractivity contribution is 5.95. The van der Waals surface area contributed by atoms with E-state index in [4.69, 9.17) is 10.5 Å². The number of nitrogens with one attached hydrogen (secondary N) is 1. The molecule has 1 heterocycles. The van der Waals surface area contributed by atoms with Crippen molar-refractivity contribution in [1.29, 1.82) is 0 Å². The van der Waals surface area contributed by atoms with Crippen LogP contribution in [0.15, 0.2) is 64.2 Å². The minimum absolute atomic E-state index is 0.0129. The Bertz CT molecular complexity index is 1200. The Labute approximate surface area is 192 Å². The number of nitrogens with zero attached hydrogens (tertiary/aromatic N) is 2. The summed E-state index contributed by atoms with van der Waals surface area (Å²) in [5, 5.41) is 0. The van der Waals surface area contributed by atoms with Gasteiger partial charge in [0, 0.05) is 13.0 Å². The summed E-state index contributed by atoms with van der Waals surface area (Å²) >= 11 is 0. The summed E-state index contributed by atoms with van der Waals surface area (Å²) in [6.07, 6.45) is 0.689. The summed E-state index contributed by atoms with van der Waals surface area (Å²) < 4.78 is 6.46. The Morgan fingerprint density at radius 2 is 1.73 bits per heavy atom. The Morgan fingerprint density at radius 3 is 2.33 bits per heavy atom. The molecule has 0 aliphatic carbocycles. The molecule has 0 fully saturated rings. The molecule has 0 radical (unpaired) electrons. The van der Waals surface area contributed by atoms with Gasteiger partial charge < -0.3 is 15.4 Å². The summed E-state index contributed by atoms with van der Waals surface area (Å²) in [4.78, 5) is 42.3. The quantitative estimate of drug-likeness (QED) is 0.521. The van der Waals surface area contributed by atoms with E-state index in [1.165, 1.54) is 9.47 Å². The standard InChI is InChI=1S/C25H30N4O4/c1-17(2)15-28(21(30)14-11-18-9-12-20(33-3)13-10-18)22-23(26)29(25(32)27-24(22)31)16-19-7-5-4-6-8-19/h4-10,12-13,17H,11,14-16,26H2,1-3H3,(H,27,31,32). The summed E-state index contributed by atoms with van der Waals surface area (Å²) in [6.45, 7) is 4.39. The van der Waals surface area contributed by atoms with E-state index in [1.54, 1.807) is 7.11 Å². The molecule has 1 aromatic heterocycles. The molecule has 3 N–H and O–H groups in total. The fourth-order valence-electron chi connectivity index (χ4n) is 3.62. The van der Waals surface area contributed by atoms with Crippen LogP contribution in [-0.2, 0) is 17.8 Å². The van der Waals surface area contributed by atoms with Gasteiger partial charge in [0.1, 0.15) is 11.6 Å². The highest BCUT2D eigenvalue weighted by atomic mass is 16.5. The molecule has 3 rings (SSSR count). The van der Waals surface area contributed by atoms with Gasteiger partial charge in [-0.05, 0) is 35.6 Å². The number of methoxy groups -OCH3 is 1. The fraction of sp³-hybridized carbons (Fsp3) is 0.320. The first-order valence-electron chi connectivity index (χ1n) is 10.9. The van der Waals surface area contributed by atoms with Gasteiger partial charge in [0.2, 0.25) is 5.91 Å². The molecule has 0 bridgehead atoms. The summed E-state index contributed by atoms with van der Waals surface area (Å²) in [5.41, 5.74) is 6.89. The van der Waals surface area contributed by atoms with Crippen molar-refractivity contribution in [3.8, 4) is 5.75 Å². The minimum Gasteiger partial charge on any atom is -0.497 e. The molecule has 33 heavy (non-hydrogen) atoms. The zero-order valence-electron chi connectivity index (χ0n) is 19.2. The van der Waals surface area contributed by atoms with E-state index in [1.807, 2.05) is 68.4 Å². The molecule has 3 aromatic rings. The van der Waals surface area contributed by atoms with Gasteiger partial charge in [-0.15, -0.1) is 0 Å². The second-order valence-corrected chi connectivity index (χ2v) is 8.31. The number of benzene rings is 2. The number of anilines is 2. The van der Waals surface area contributed by atoms with Crippen molar-refractivity contribution in [3.05, 3.63) is 86.6 Å². The van der Waals surface area contributed by atoms with Gasteiger partial charge in [-0.1, -0.05) is 56.3 Å². The van der Waals surface area contributed by atoms with E-state index in [0.717, 1.165) is 16.9 Å². The summed E-state index contributed by atoms with van der Waals surface area (Å²) in [5.74, 6) is 0.572. The van der Waals surface area contributed by atoms with Gasteiger partial charge in [-0.25, -0.2) is 4.79 Å². The average molecular weight is 451 g/mol. The van der Waals surface area contributed by atoms with E-state index >= 15 is 0 Å². The minimum atomic E-state index is -0.666. The molecular formula is C25H30N4O4. The first kappa shape index (κ1) is 23.8. The molecule has 0 spiro atoms. The van der Waals surface area contributed by atoms with Crippen molar-refractivity contribution in [1.82, 2.24) is 9.55 Å². The van der Waals surface area contributed by atoms with Crippen LogP contribution in [0.4, 0.5) is 11.5 Å². The molecule has 8 nitrogen and oxygen atoms in total. The van der Waals surface area contributed by atoms with Crippen molar-refractivity contribution >= 4 is 17.4 Å². The van der Waals surface area contributed by atoms with Crippen LogP contribution in [0, 0.1) is 5.92 Å². The van der Waals surface area contributed by atoms with Crippen molar-refractivity contribution in [2.45, 2.75) is 33.2 Å². The molecule has 0 atom stereocenters. The third kappa shape index (κ3) is 5.91. The Morgan fingerprint density at radius 1 is 1.06 bits per heavy atom. The zero-order chi connectivity index (χ0) is 24.0. The van der Waals surface area contributed by atoms with Crippen LogP contribution >= 0.6 is 0 Å². The third-order valence-electron chi connectivity index (χ3n) is 5.30. The number of H-pyrrole nitrogens is 1. The molecule has 174 valence electrons. The van der Waals surface area contributed by atoms with Gasteiger partial charge in [-0.3, -0.25) is 19.1 Å². The number of carbonyl (C=O) groups is 1. The predicted molar refractivity (Wildman–Crippen MR) is 130 cm³/mol. The molecule has 0 unspecified atom stereocenters. The number of hydrogen-bond donors (Lipinski definition) is 2. The Hall–Kier alpha value is -3.81. The largest absolute Gasteiger partial charge is 0.497 e. The number of rotatable bonds is 9. The maximum Gasteiger partial charge on any atom is 0.330 e. The number of hydrogen-bond acceptors (Lipinski definition) is 5. The first-order valence-corrected chi connectivity index (χ1v) is 10.9. The zero-order valence-corrected chi connectivity index (χ0v) is 19.2. The van der Waals surface area contributed by atoms with Crippen LogP contribution in [0.1, 0.15) is 31.4 Å². The number of amides is 1. The number of nitrogens with two attached hydrogens (primary N) is 1. The Balaban J connectivity index is 1.92. The number of carbonyl (C=O) groups excluding carboxylic acids is 1. The second kappa shape index (κ2) is 10.7. The number of nitrogen functional groups attached to an aromatic ring is 1. The molecule has 1 amide bonds. The van der Waals surface area contributed by atoms with E-state index in [-0.39, 0.29) is 36.3 Å². The normalized spacial score (nSPS) is 10.9. The van der Waals surface area contributed by atoms with E-state index in [9.17, 15) is 14.4 Å². The topological polar surface area (TPSA) is 110 Å². The number of aromatic amines is 1. The summed E-state index contributed by atoms with van der Waals surface area (Å²) in [6, 6.07) is 16.8. The van der Waals surface area contributed by atoms with Crippen LogP contribution in [0.5, 0.6) is 5.75 Å². The highest BCUT2D eigenvalue weighted by Crippen LogP contribution is 2.21. The molecule has 0 saturated carbocycles. The lowest BCUT2D eigenvalue weighted by Crippen LogP contribution is -2.42. The van der Waals surface area contributed by atoms with E-state index < -0.39 is 11.2 Å². The van der Waals surface area contributed by atoms with Crippen molar-refractivity contribution in [2.24, 2.45) is 5.92 Å². The maximum atomic E-state index is 13.2. The molecule has 0 saturated heterocycles. The lowest BCUT2D eigenvalue weighted by Gasteiger charge is -2.26. The predicted octanol–water partition coefficient (Wildman–Crippen LogP) is 2.80. The van der Waals surface area contributed by atoms with Crippen LogP contribution in [0.25, 0.3) is 0 Å². The van der Waals surface area contributed by atoms with E-state index in [0.29, 0.717) is 13.0 Å². The maximum absolute atomic E-state index is 13.2. The van der Waals surface area contributed by atoms with Gasteiger partial charge in [0.15, 0.2) is 5.69 Å².